The minimum atomic E-state index is 0.217. The Bertz CT molecular complexity index is 516. The van der Waals surface area contributed by atoms with Crippen molar-refractivity contribution in [3.8, 4) is 0 Å². The standard InChI is InChI=1S/C13H15BrOS/c1-3-9-6-10(4-5-15)12-8(2)13(14)16-11(12)7-9/h6-7,15H,3-5H2,1-2H3. The molecule has 0 unspecified atom stereocenters. The highest BCUT2D eigenvalue weighted by molar-refractivity contribution is 9.11. The van der Waals surface area contributed by atoms with Crippen LogP contribution in [0.1, 0.15) is 23.6 Å². The zero-order chi connectivity index (χ0) is 11.7. The number of aliphatic hydroxyl groups is 1. The molecule has 0 radical (unpaired) electrons. The van der Waals surface area contributed by atoms with Gasteiger partial charge in [0.25, 0.3) is 0 Å². The van der Waals surface area contributed by atoms with Crippen molar-refractivity contribution in [2.45, 2.75) is 26.7 Å². The van der Waals surface area contributed by atoms with Crippen LogP contribution < -0.4 is 0 Å². The number of halogens is 1. The quantitative estimate of drug-likeness (QED) is 0.906. The lowest BCUT2D eigenvalue weighted by atomic mass is 10.0. The van der Waals surface area contributed by atoms with Gasteiger partial charge in [-0.05, 0) is 63.8 Å². The van der Waals surface area contributed by atoms with Crippen molar-refractivity contribution in [1.82, 2.24) is 0 Å². The summed E-state index contributed by atoms with van der Waals surface area (Å²) in [6, 6.07) is 4.49. The molecule has 1 aromatic carbocycles. The third kappa shape index (κ3) is 2.04. The molecule has 1 heterocycles. The zero-order valence-corrected chi connectivity index (χ0v) is 11.9. The molecule has 1 aromatic heterocycles. The summed E-state index contributed by atoms with van der Waals surface area (Å²) in [6.07, 6.45) is 1.79. The van der Waals surface area contributed by atoms with Crippen molar-refractivity contribution in [3.05, 3.63) is 32.6 Å². The Morgan fingerprint density at radius 3 is 2.75 bits per heavy atom. The first-order valence-electron chi connectivity index (χ1n) is 5.48. The molecule has 0 aliphatic carbocycles. The van der Waals surface area contributed by atoms with E-state index in [0.29, 0.717) is 0 Å². The molecule has 0 aliphatic heterocycles. The summed E-state index contributed by atoms with van der Waals surface area (Å²) in [5, 5.41) is 10.5. The average molecular weight is 299 g/mol. The van der Waals surface area contributed by atoms with Crippen LogP contribution in [0.4, 0.5) is 0 Å². The van der Waals surface area contributed by atoms with Crippen LogP contribution in [0, 0.1) is 6.92 Å². The summed E-state index contributed by atoms with van der Waals surface area (Å²) in [6.45, 7) is 4.52. The molecule has 0 spiro atoms. The second-order valence-corrected chi connectivity index (χ2v) is 6.33. The summed E-state index contributed by atoms with van der Waals surface area (Å²) in [4.78, 5) is 0. The van der Waals surface area contributed by atoms with Crippen molar-refractivity contribution in [2.75, 3.05) is 6.61 Å². The highest BCUT2D eigenvalue weighted by atomic mass is 79.9. The first kappa shape index (κ1) is 12.1. The van der Waals surface area contributed by atoms with Crippen LogP contribution in [0.25, 0.3) is 10.1 Å². The summed E-state index contributed by atoms with van der Waals surface area (Å²) < 4.78 is 2.53. The van der Waals surface area contributed by atoms with Gasteiger partial charge in [0.2, 0.25) is 0 Å². The Hall–Kier alpha value is -0.380. The molecule has 2 aromatic rings. The molecule has 2 rings (SSSR count). The lowest BCUT2D eigenvalue weighted by molar-refractivity contribution is 0.300. The van der Waals surface area contributed by atoms with Gasteiger partial charge in [-0.15, -0.1) is 11.3 Å². The fourth-order valence-electron chi connectivity index (χ4n) is 2.04. The first-order chi connectivity index (χ1) is 7.67. The van der Waals surface area contributed by atoms with Gasteiger partial charge < -0.3 is 5.11 Å². The van der Waals surface area contributed by atoms with Gasteiger partial charge in [-0.1, -0.05) is 13.0 Å². The second-order valence-electron chi connectivity index (χ2n) is 3.96. The molecule has 0 aliphatic rings. The maximum absolute atomic E-state index is 9.13. The molecule has 0 saturated heterocycles. The smallest absolute Gasteiger partial charge is 0.0740 e. The van der Waals surface area contributed by atoms with Crippen molar-refractivity contribution >= 4 is 37.4 Å². The topological polar surface area (TPSA) is 20.2 Å². The van der Waals surface area contributed by atoms with Crippen molar-refractivity contribution in [3.63, 3.8) is 0 Å². The van der Waals surface area contributed by atoms with E-state index >= 15 is 0 Å². The molecule has 1 nitrogen and oxygen atoms in total. The summed E-state index contributed by atoms with van der Waals surface area (Å²) in [5.74, 6) is 0. The Morgan fingerprint density at radius 1 is 1.38 bits per heavy atom. The van der Waals surface area contributed by atoms with Crippen LogP contribution in [0.5, 0.6) is 0 Å². The minimum absolute atomic E-state index is 0.217. The Balaban J connectivity index is 2.72. The van der Waals surface area contributed by atoms with Crippen LogP contribution in [-0.2, 0) is 12.8 Å². The van der Waals surface area contributed by atoms with E-state index in [4.69, 9.17) is 5.11 Å². The normalized spacial score (nSPS) is 11.2. The number of thiophene rings is 1. The summed E-state index contributed by atoms with van der Waals surface area (Å²) in [5.41, 5.74) is 3.92. The van der Waals surface area contributed by atoms with E-state index in [1.807, 2.05) is 0 Å². The first-order valence-corrected chi connectivity index (χ1v) is 7.09. The number of aryl methyl sites for hydroxylation is 2. The number of rotatable bonds is 3. The lowest BCUT2D eigenvalue weighted by Crippen LogP contribution is -1.94. The molecule has 0 amide bonds. The van der Waals surface area contributed by atoms with Crippen molar-refractivity contribution in [1.29, 1.82) is 0 Å². The van der Waals surface area contributed by atoms with E-state index in [2.05, 4.69) is 41.9 Å². The Morgan fingerprint density at radius 2 is 2.12 bits per heavy atom. The maximum Gasteiger partial charge on any atom is 0.0740 e. The molecule has 0 bridgehead atoms. The van der Waals surface area contributed by atoms with Gasteiger partial charge in [0.15, 0.2) is 0 Å². The highest BCUT2D eigenvalue weighted by Crippen LogP contribution is 2.37. The SMILES string of the molecule is CCc1cc(CCO)c2c(C)c(Br)sc2c1. The van der Waals surface area contributed by atoms with Crippen LogP contribution in [0.15, 0.2) is 15.9 Å². The summed E-state index contributed by atoms with van der Waals surface area (Å²) in [7, 11) is 0. The third-order valence-corrected chi connectivity index (χ3v) is 5.01. The van der Waals surface area contributed by atoms with Gasteiger partial charge in [0, 0.05) is 11.3 Å². The van der Waals surface area contributed by atoms with Crippen molar-refractivity contribution < 1.29 is 5.11 Å². The van der Waals surface area contributed by atoms with Gasteiger partial charge in [-0.25, -0.2) is 0 Å². The minimum Gasteiger partial charge on any atom is -0.396 e. The lowest BCUT2D eigenvalue weighted by Gasteiger charge is -2.06. The van der Waals surface area contributed by atoms with E-state index < -0.39 is 0 Å². The van der Waals surface area contributed by atoms with Crippen LogP contribution in [-0.4, -0.2) is 11.7 Å². The van der Waals surface area contributed by atoms with Crippen molar-refractivity contribution in [2.24, 2.45) is 0 Å². The summed E-state index contributed by atoms with van der Waals surface area (Å²) >= 11 is 5.38. The van der Waals surface area contributed by atoms with Crippen LogP contribution in [0.2, 0.25) is 0 Å². The van der Waals surface area contributed by atoms with Crippen LogP contribution >= 0.6 is 27.3 Å². The predicted octanol–water partition coefficient (Wildman–Crippen LogP) is 4.07. The number of fused-ring (bicyclic) bond motifs is 1. The zero-order valence-electron chi connectivity index (χ0n) is 9.51. The van der Waals surface area contributed by atoms with Gasteiger partial charge in [0.05, 0.1) is 3.79 Å². The highest BCUT2D eigenvalue weighted by Gasteiger charge is 2.11. The van der Waals surface area contributed by atoms with E-state index in [-0.39, 0.29) is 6.61 Å². The third-order valence-electron chi connectivity index (χ3n) is 2.90. The fourth-order valence-corrected chi connectivity index (χ4v) is 3.80. The van der Waals surface area contributed by atoms with E-state index in [0.717, 1.165) is 12.8 Å². The molecule has 16 heavy (non-hydrogen) atoms. The number of hydrogen-bond acceptors (Lipinski definition) is 2. The van der Waals surface area contributed by atoms with E-state index in [1.54, 1.807) is 11.3 Å². The molecule has 1 N–H and O–H groups in total. The molecule has 0 saturated carbocycles. The predicted molar refractivity (Wildman–Crippen MR) is 74.4 cm³/mol. The maximum atomic E-state index is 9.13. The fraction of sp³-hybridized carbons (Fsp3) is 0.385. The molecular weight excluding hydrogens is 284 g/mol. The Labute approximate surface area is 108 Å². The molecule has 86 valence electrons. The molecule has 0 atom stereocenters. The number of hydrogen-bond donors (Lipinski definition) is 1. The second kappa shape index (κ2) is 4.86. The van der Waals surface area contributed by atoms with E-state index in [9.17, 15) is 0 Å². The van der Waals surface area contributed by atoms with Gasteiger partial charge in [0.1, 0.15) is 0 Å². The molecular formula is C13H15BrOS. The Kier molecular flexibility index (Phi) is 3.67. The van der Waals surface area contributed by atoms with Crippen LogP contribution in [0.3, 0.4) is 0 Å². The van der Waals surface area contributed by atoms with Gasteiger partial charge >= 0.3 is 0 Å². The monoisotopic (exact) mass is 298 g/mol. The van der Waals surface area contributed by atoms with E-state index in [1.165, 1.54) is 30.6 Å². The molecule has 0 fully saturated rings. The molecule has 3 heteroatoms. The average Bonchev–Trinajstić information content (AvgIpc) is 2.55. The van der Waals surface area contributed by atoms with Gasteiger partial charge in [-0.2, -0.15) is 0 Å². The van der Waals surface area contributed by atoms with Gasteiger partial charge in [-0.3, -0.25) is 0 Å². The number of benzene rings is 1. The number of aliphatic hydroxyl groups excluding tert-OH is 1. The largest absolute Gasteiger partial charge is 0.396 e.